The number of rotatable bonds is 6. The van der Waals surface area contributed by atoms with Crippen LogP contribution in [0.3, 0.4) is 0 Å². The van der Waals surface area contributed by atoms with Crippen molar-refractivity contribution in [3.63, 3.8) is 0 Å². The zero-order valence-electron chi connectivity index (χ0n) is 17.1. The monoisotopic (exact) mass is 413 g/mol. The van der Waals surface area contributed by atoms with E-state index >= 15 is 0 Å². The van der Waals surface area contributed by atoms with Gasteiger partial charge in [-0.15, -0.1) is 0 Å². The van der Waals surface area contributed by atoms with Gasteiger partial charge in [-0.25, -0.2) is 9.37 Å². The molecule has 0 radical (unpaired) electrons. The molecular weight excluding hydrogens is 389 g/mol. The Morgan fingerprint density at radius 3 is 2.83 bits per heavy atom. The molecule has 4 heterocycles. The van der Waals surface area contributed by atoms with Crippen molar-refractivity contribution >= 4 is 34.5 Å². The Kier molecular flexibility index (Phi) is 5.10. The Bertz CT molecular complexity index is 1090. The number of nitrogens with one attached hydrogen (secondary N) is 2. The number of imidazole rings is 1. The standard InChI is InChI=1S/C19H24FN9O/c1-5-15(30)24-14-9-28(8-13(14)20)19-25-17(23-12-6-22-27(4)7-12)16-18(26-19)29(10-21-16)11(2)3/h5-7,10-11,13-14H,1,8-9H2,2-4H3,(H,24,30)(H,23,25,26)/t13-,14+/m1/s1. The summed E-state index contributed by atoms with van der Waals surface area (Å²) in [5.41, 5.74) is 2.02. The molecule has 1 aliphatic rings. The number of alkyl halides is 1. The molecule has 11 heteroatoms. The molecule has 1 saturated heterocycles. The number of carbonyl (C=O) groups excluding carboxylic acids is 1. The van der Waals surface area contributed by atoms with Crippen LogP contribution in [-0.2, 0) is 11.8 Å². The summed E-state index contributed by atoms with van der Waals surface area (Å²) in [7, 11) is 1.82. The smallest absolute Gasteiger partial charge is 0.243 e. The van der Waals surface area contributed by atoms with E-state index in [-0.39, 0.29) is 19.1 Å². The predicted molar refractivity (Wildman–Crippen MR) is 111 cm³/mol. The molecule has 158 valence electrons. The molecule has 1 fully saturated rings. The van der Waals surface area contributed by atoms with Gasteiger partial charge in [-0.1, -0.05) is 6.58 Å². The molecule has 0 saturated carbocycles. The van der Waals surface area contributed by atoms with Crippen molar-refractivity contribution in [1.29, 1.82) is 0 Å². The summed E-state index contributed by atoms with van der Waals surface area (Å²) in [4.78, 5) is 27.1. The van der Waals surface area contributed by atoms with Crippen molar-refractivity contribution in [2.24, 2.45) is 7.05 Å². The SMILES string of the molecule is C=CC(=O)N[C@H]1CN(c2nc(Nc3cnn(C)c3)c3ncn(C(C)C)c3n2)C[C@H]1F. The van der Waals surface area contributed by atoms with Crippen molar-refractivity contribution in [3.05, 3.63) is 31.4 Å². The lowest BCUT2D eigenvalue weighted by molar-refractivity contribution is -0.117. The molecule has 1 amide bonds. The van der Waals surface area contributed by atoms with Gasteiger partial charge in [0.2, 0.25) is 11.9 Å². The fraction of sp³-hybridized carbons (Fsp3) is 0.421. The normalized spacial score (nSPS) is 18.9. The van der Waals surface area contributed by atoms with Gasteiger partial charge in [0.1, 0.15) is 6.17 Å². The second-order valence-corrected chi connectivity index (χ2v) is 7.56. The van der Waals surface area contributed by atoms with Crippen molar-refractivity contribution in [2.45, 2.75) is 32.1 Å². The van der Waals surface area contributed by atoms with E-state index in [1.54, 1.807) is 22.1 Å². The molecule has 0 bridgehead atoms. The van der Waals surface area contributed by atoms with E-state index in [4.69, 9.17) is 0 Å². The number of aromatic nitrogens is 6. The highest BCUT2D eigenvalue weighted by molar-refractivity contribution is 5.88. The number of fused-ring (bicyclic) bond motifs is 1. The van der Waals surface area contributed by atoms with Crippen LogP contribution in [0, 0.1) is 0 Å². The molecule has 0 aromatic carbocycles. The average Bonchev–Trinajstić information content (AvgIpc) is 3.40. The number of anilines is 3. The Labute approximate surface area is 172 Å². The molecule has 0 aliphatic carbocycles. The topological polar surface area (TPSA) is 106 Å². The highest BCUT2D eigenvalue weighted by atomic mass is 19.1. The third kappa shape index (κ3) is 3.70. The Morgan fingerprint density at radius 2 is 2.17 bits per heavy atom. The molecule has 0 unspecified atom stereocenters. The summed E-state index contributed by atoms with van der Waals surface area (Å²) >= 11 is 0. The van der Waals surface area contributed by atoms with Crippen LogP contribution in [0.15, 0.2) is 31.4 Å². The highest BCUT2D eigenvalue weighted by Crippen LogP contribution is 2.28. The molecule has 2 N–H and O–H groups in total. The maximum absolute atomic E-state index is 14.5. The summed E-state index contributed by atoms with van der Waals surface area (Å²) in [5, 5.41) is 10.0. The van der Waals surface area contributed by atoms with E-state index in [0.29, 0.717) is 22.9 Å². The number of nitrogens with zero attached hydrogens (tertiary/aromatic N) is 7. The maximum atomic E-state index is 14.5. The second-order valence-electron chi connectivity index (χ2n) is 7.56. The molecule has 1 aliphatic heterocycles. The van der Waals surface area contributed by atoms with Crippen LogP contribution in [0.4, 0.5) is 21.8 Å². The fourth-order valence-corrected chi connectivity index (χ4v) is 3.44. The Hall–Kier alpha value is -3.50. The van der Waals surface area contributed by atoms with Gasteiger partial charge in [0.25, 0.3) is 0 Å². The van der Waals surface area contributed by atoms with Crippen molar-refractivity contribution in [2.75, 3.05) is 23.3 Å². The minimum atomic E-state index is -1.24. The Balaban J connectivity index is 1.71. The third-order valence-corrected chi connectivity index (χ3v) is 4.98. The van der Waals surface area contributed by atoms with E-state index in [1.165, 1.54) is 0 Å². The lowest BCUT2D eigenvalue weighted by Crippen LogP contribution is -2.40. The minimum absolute atomic E-state index is 0.0791. The van der Waals surface area contributed by atoms with E-state index in [0.717, 1.165) is 11.8 Å². The van der Waals surface area contributed by atoms with Gasteiger partial charge in [-0.3, -0.25) is 9.48 Å². The van der Waals surface area contributed by atoms with Crippen LogP contribution >= 0.6 is 0 Å². The number of amides is 1. The molecule has 0 spiro atoms. The molecule has 30 heavy (non-hydrogen) atoms. The molecule has 3 aromatic heterocycles. The summed E-state index contributed by atoms with van der Waals surface area (Å²) in [6.45, 7) is 7.82. The van der Waals surface area contributed by atoms with E-state index in [1.807, 2.05) is 31.7 Å². The largest absolute Gasteiger partial charge is 0.345 e. The van der Waals surface area contributed by atoms with Gasteiger partial charge in [-0.05, 0) is 19.9 Å². The zero-order valence-corrected chi connectivity index (χ0v) is 17.1. The van der Waals surface area contributed by atoms with Crippen LogP contribution in [0.25, 0.3) is 11.2 Å². The van der Waals surface area contributed by atoms with Gasteiger partial charge in [0.15, 0.2) is 17.0 Å². The van der Waals surface area contributed by atoms with Crippen LogP contribution < -0.4 is 15.5 Å². The first-order valence-corrected chi connectivity index (χ1v) is 9.68. The third-order valence-electron chi connectivity index (χ3n) is 4.98. The van der Waals surface area contributed by atoms with Crippen LogP contribution in [0.1, 0.15) is 19.9 Å². The lowest BCUT2D eigenvalue weighted by Gasteiger charge is -2.18. The second kappa shape index (κ2) is 7.73. The summed E-state index contributed by atoms with van der Waals surface area (Å²) in [6.07, 6.45) is 5.12. The quantitative estimate of drug-likeness (QED) is 0.593. The summed E-state index contributed by atoms with van der Waals surface area (Å²) in [5.74, 6) is 0.475. The van der Waals surface area contributed by atoms with Gasteiger partial charge in [0, 0.05) is 25.8 Å². The van der Waals surface area contributed by atoms with Crippen LogP contribution in [-0.4, -0.2) is 60.5 Å². The highest BCUT2D eigenvalue weighted by Gasteiger charge is 2.35. The zero-order chi connectivity index (χ0) is 21.4. The van der Waals surface area contributed by atoms with Crippen LogP contribution in [0.5, 0.6) is 0 Å². The van der Waals surface area contributed by atoms with Crippen molar-refractivity contribution in [1.82, 2.24) is 34.6 Å². The van der Waals surface area contributed by atoms with E-state index < -0.39 is 18.1 Å². The van der Waals surface area contributed by atoms with Gasteiger partial charge in [0.05, 0.1) is 30.8 Å². The van der Waals surface area contributed by atoms with Gasteiger partial charge in [-0.2, -0.15) is 15.1 Å². The molecule has 3 aromatic rings. The minimum Gasteiger partial charge on any atom is -0.345 e. The number of aryl methyl sites for hydroxylation is 1. The Morgan fingerprint density at radius 1 is 1.37 bits per heavy atom. The molecule has 4 rings (SSSR count). The fourth-order valence-electron chi connectivity index (χ4n) is 3.44. The first-order valence-electron chi connectivity index (χ1n) is 9.68. The number of hydrogen-bond acceptors (Lipinski definition) is 7. The maximum Gasteiger partial charge on any atom is 0.243 e. The summed E-state index contributed by atoms with van der Waals surface area (Å²) < 4.78 is 18.2. The lowest BCUT2D eigenvalue weighted by atomic mass is 10.2. The summed E-state index contributed by atoms with van der Waals surface area (Å²) in [6, 6.07) is -0.518. The number of hydrogen-bond donors (Lipinski definition) is 2. The van der Waals surface area contributed by atoms with Gasteiger partial charge < -0.3 is 20.1 Å². The first kappa shape index (κ1) is 19.8. The van der Waals surface area contributed by atoms with Crippen molar-refractivity contribution < 1.29 is 9.18 Å². The van der Waals surface area contributed by atoms with Crippen LogP contribution in [0.2, 0.25) is 0 Å². The first-order chi connectivity index (χ1) is 14.4. The molecular formula is C19H24FN9O. The van der Waals surface area contributed by atoms with E-state index in [2.05, 4.69) is 37.3 Å². The van der Waals surface area contributed by atoms with E-state index in [9.17, 15) is 9.18 Å². The number of carbonyl (C=O) groups is 1. The average molecular weight is 413 g/mol. The molecule has 2 atom stereocenters. The van der Waals surface area contributed by atoms with Crippen molar-refractivity contribution in [3.8, 4) is 0 Å². The van der Waals surface area contributed by atoms with Gasteiger partial charge >= 0.3 is 0 Å². The number of halogens is 1. The predicted octanol–water partition coefficient (Wildman–Crippen LogP) is 1.71. The molecule has 10 nitrogen and oxygen atoms in total.